The number of hydrogen-bond donors (Lipinski definition) is 3. The van der Waals surface area contributed by atoms with E-state index in [1.165, 1.54) is 11.1 Å². The van der Waals surface area contributed by atoms with Crippen molar-refractivity contribution >= 4 is 16.7 Å². The molecule has 3 N–H and O–H groups in total. The van der Waals surface area contributed by atoms with Crippen molar-refractivity contribution in [1.29, 1.82) is 0 Å². The lowest BCUT2D eigenvalue weighted by Gasteiger charge is -2.19. The maximum absolute atomic E-state index is 11.8. The quantitative estimate of drug-likeness (QED) is 0.550. The fourth-order valence-electron chi connectivity index (χ4n) is 3.69. The van der Waals surface area contributed by atoms with Crippen LogP contribution in [0, 0.1) is 13.8 Å². The first kappa shape index (κ1) is 18.8. The molecule has 0 saturated heterocycles. The van der Waals surface area contributed by atoms with Gasteiger partial charge in [0.2, 0.25) is 0 Å². The monoisotopic (exact) mass is 364 g/mol. The molecule has 27 heavy (non-hydrogen) atoms. The predicted molar refractivity (Wildman–Crippen MR) is 107 cm³/mol. The Balaban J connectivity index is 2.33. The summed E-state index contributed by atoms with van der Waals surface area (Å²) in [7, 11) is 0. The summed E-state index contributed by atoms with van der Waals surface area (Å²) in [5.41, 5.74) is 4.68. The van der Waals surface area contributed by atoms with E-state index in [4.69, 9.17) is 0 Å². The first-order valence-electron chi connectivity index (χ1n) is 9.01. The Hall–Kier alpha value is -3.01. The normalized spacial score (nSPS) is 11.3. The lowest BCUT2D eigenvalue weighted by Crippen LogP contribution is -2.04. The van der Waals surface area contributed by atoms with Crippen LogP contribution in [0.2, 0.25) is 0 Å². The van der Waals surface area contributed by atoms with Gasteiger partial charge in [-0.15, -0.1) is 0 Å². The topological polar surface area (TPSA) is 77.8 Å². The van der Waals surface area contributed by atoms with E-state index < -0.39 is 11.7 Å². The summed E-state index contributed by atoms with van der Waals surface area (Å²) in [4.78, 5) is 11.8. The zero-order valence-electron chi connectivity index (χ0n) is 16.0. The molecule has 3 rings (SSSR count). The van der Waals surface area contributed by atoms with Crippen molar-refractivity contribution in [3.63, 3.8) is 0 Å². The number of fused-ring (bicyclic) bond motifs is 1. The van der Waals surface area contributed by atoms with E-state index in [-0.39, 0.29) is 17.2 Å². The Labute approximate surface area is 158 Å². The molecule has 0 bridgehead atoms. The third-order valence-electron chi connectivity index (χ3n) is 5.19. The third kappa shape index (κ3) is 3.23. The molecule has 0 unspecified atom stereocenters. The molecule has 0 spiro atoms. The van der Waals surface area contributed by atoms with Gasteiger partial charge in [0.15, 0.2) is 11.5 Å². The summed E-state index contributed by atoms with van der Waals surface area (Å²) in [6, 6.07) is 11.8. The van der Waals surface area contributed by atoms with E-state index >= 15 is 0 Å². The van der Waals surface area contributed by atoms with E-state index in [2.05, 4.69) is 19.1 Å². The van der Waals surface area contributed by atoms with Crippen LogP contribution in [0.1, 0.15) is 57.9 Å². The fraction of sp³-hybridized carbons (Fsp3) is 0.261. The van der Waals surface area contributed by atoms with Crippen LogP contribution in [0.25, 0.3) is 10.8 Å². The lowest BCUT2D eigenvalue weighted by molar-refractivity contribution is 0.0695. The molecule has 0 aliphatic heterocycles. The molecule has 140 valence electrons. The molecule has 0 aliphatic carbocycles. The number of aromatic hydroxyl groups is 2. The molecule has 4 nitrogen and oxygen atoms in total. The van der Waals surface area contributed by atoms with Crippen molar-refractivity contribution < 1.29 is 20.1 Å². The second-order valence-electron chi connectivity index (χ2n) is 7.37. The van der Waals surface area contributed by atoms with Gasteiger partial charge in [0, 0.05) is 10.9 Å². The van der Waals surface area contributed by atoms with Gasteiger partial charge in [-0.2, -0.15) is 0 Å². The van der Waals surface area contributed by atoms with Crippen molar-refractivity contribution in [3.8, 4) is 11.5 Å². The average Bonchev–Trinajstić information content (AvgIpc) is 2.58. The van der Waals surface area contributed by atoms with Gasteiger partial charge in [0.25, 0.3) is 0 Å². The van der Waals surface area contributed by atoms with Crippen LogP contribution in [-0.4, -0.2) is 21.3 Å². The molecular formula is C23H24O4. The van der Waals surface area contributed by atoms with Crippen molar-refractivity contribution in [2.45, 2.75) is 40.0 Å². The molecule has 3 aromatic rings. The maximum Gasteiger partial charge on any atom is 0.340 e. The number of carboxylic acid groups (broad SMARTS) is 1. The SMILES string of the molecule is Cc1ccccc1Cc1cc2c(C(=O)O)c(O)c(O)c(C(C)C)c2cc1C. The molecule has 0 heterocycles. The minimum Gasteiger partial charge on any atom is -0.504 e. The number of aryl methyl sites for hydroxylation is 2. The maximum atomic E-state index is 11.8. The number of carbonyl (C=O) groups is 1. The van der Waals surface area contributed by atoms with Gasteiger partial charge < -0.3 is 15.3 Å². The number of hydrogen-bond acceptors (Lipinski definition) is 3. The highest BCUT2D eigenvalue weighted by Crippen LogP contribution is 2.44. The lowest BCUT2D eigenvalue weighted by atomic mass is 9.87. The van der Waals surface area contributed by atoms with Crippen LogP contribution in [0.15, 0.2) is 36.4 Å². The summed E-state index contributed by atoms with van der Waals surface area (Å²) >= 11 is 0. The van der Waals surface area contributed by atoms with Crippen LogP contribution in [0.4, 0.5) is 0 Å². The summed E-state index contributed by atoms with van der Waals surface area (Å²) in [5, 5.41) is 31.5. The van der Waals surface area contributed by atoms with Crippen molar-refractivity contribution in [2.24, 2.45) is 0 Å². The van der Waals surface area contributed by atoms with Crippen LogP contribution >= 0.6 is 0 Å². The number of phenols is 2. The molecular weight excluding hydrogens is 340 g/mol. The van der Waals surface area contributed by atoms with Gasteiger partial charge in [-0.05, 0) is 59.9 Å². The highest BCUT2D eigenvalue weighted by atomic mass is 16.4. The number of rotatable bonds is 4. The zero-order chi connectivity index (χ0) is 19.9. The average molecular weight is 364 g/mol. The predicted octanol–water partition coefficient (Wildman–Crippen LogP) is 5.28. The molecule has 0 aliphatic rings. The number of phenolic OH excluding ortho intramolecular Hbond substituents is 1. The van der Waals surface area contributed by atoms with Gasteiger partial charge in [-0.3, -0.25) is 0 Å². The van der Waals surface area contributed by atoms with Crippen LogP contribution in [-0.2, 0) is 6.42 Å². The highest BCUT2D eigenvalue weighted by Gasteiger charge is 2.25. The van der Waals surface area contributed by atoms with Crippen LogP contribution < -0.4 is 0 Å². The summed E-state index contributed by atoms with van der Waals surface area (Å²) < 4.78 is 0. The Morgan fingerprint density at radius 2 is 1.59 bits per heavy atom. The van der Waals surface area contributed by atoms with E-state index in [0.717, 1.165) is 11.1 Å². The first-order chi connectivity index (χ1) is 12.7. The van der Waals surface area contributed by atoms with E-state index in [1.54, 1.807) is 0 Å². The van der Waals surface area contributed by atoms with Gasteiger partial charge >= 0.3 is 5.97 Å². The van der Waals surface area contributed by atoms with Crippen molar-refractivity contribution in [3.05, 3.63) is 69.8 Å². The second kappa shape index (κ2) is 6.95. The standard InChI is InChI=1S/C23H24O4/c1-12(2)19-17-9-14(4)16(10-15-8-6-5-7-13(15)3)11-18(17)20(23(26)27)22(25)21(19)24/h5-9,11-12,24-25H,10H2,1-4H3,(H,26,27). The summed E-state index contributed by atoms with van der Waals surface area (Å²) in [5.74, 6) is -2.23. The van der Waals surface area contributed by atoms with Crippen molar-refractivity contribution in [1.82, 2.24) is 0 Å². The van der Waals surface area contributed by atoms with E-state index in [9.17, 15) is 20.1 Å². The van der Waals surface area contributed by atoms with E-state index in [0.29, 0.717) is 22.8 Å². The third-order valence-corrected chi connectivity index (χ3v) is 5.19. The Morgan fingerprint density at radius 3 is 2.19 bits per heavy atom. The van der Waals surface area contributed by atoms with Gasteiger partial charge in [-0.1, -0.05) is 44.2 Å². The van der Waals surface area contributed by atoms with Crippen LogP contribution in [0.5, 0.6) is 11.5 Å². The van der Waals surface area contributed by atoms with Crippen LogP contribution in [0.3, 0.4) is 0 Å². The Kier molecular flexibility index (Phi) is 4.83. The molecule has 0 saturated carbocycles. The van der Waals surface area contributed by atoms with E-state index in [1.807, 2.05) is 45.0 Å². The Bertz CT molecular complexity index is 1050. The second-order valence-corrected chi connectivity index (χ2v) is 7.37. The summed E-state index contributed by atoms with van der Waals surface area (Å²) in [6.07, 6.45) is 0.673. The van der Waals surface area contributed by atoms with Gasteiger partial charge in [0.05, 0.1) is 0 Å². The summed E-state index contributed by atoms with van der Waals surface area (Å²) in [6.45, 7) is 7.85. The minimum absolute atomic E-state index is 0.0668. The highest BCUT2D eigenvalue weighted by molar-refractivity contribution is 6.09. The van der Waals surface area contributed by atoms with Gasteiger partial charge in [-0.25, -0.2) is 4.79 Å². The number of carboxylic acids is 1. The largest absolute Gasteiger partial charge is 0.504 e. The molecule has 0 amide bonds. The first-order valence-corrected chi connectivity index (χ1v) is 9.01. The molecule has 0 aromatic heterocycles. The number of aromatic carboxylic acids is 1. The molecule has 0 atom stereocenters. The van der Waals surface area contributed by atoms with Gasteiger partial charge in [0.1, 0.15) is 5.56 Å². The molecule has 3 aromatic carbocycles. The van der Waals surface area contributed by atoms with Crippen molar-refractivity contribution in [2.75, 3.05) is 0 Å². The molecule has 0 radical (unpaired) electrons. The molecule has 4 heteroatoms. The Morgan fingerprint density at radius 1 is 0.926 bits per heavy atom. The molecule has 0 fully saturated rings. The smallest absolute Gasteiger partial charge is 0.340 e. The zero-order valence-corrected chi connectivity index (χ0v) is 16.0. The fourth-order valence-corrected chi connectivity index (χ4v) is 3.69. The number of benzene rings is 3. The minimum atomic E-state index is -1.26.